The molecule has 2 amide bonds. The fourth-order valence-electron chi connectivity index (χ4n) is 0.286. The molecule has 0 aromatic heterocycles. The predicted molar refractivity (Wildman–Crippen MR) is 44.1 cm³/mol. The number of rotatable bonds is 3. The van der Waals surface area contributed by atoms with Crippen LogP contribution >= 0.6 is 22.6 Å². The molecule has 0 heterocycles. The second-order valence-corrected chi connectivity index (χ2v) is 4.99. The largest absolute Gasteiger partial charge is 1.00 e. The molecule has 0 fully saturated rings. The van der Waals surface area contributed by atoms with Gasteiger partial charge in [-0.1, -0.05) is 0 Å². The fraction of sp³-hybridized carbons (Fsp3) is 0.333. The quantitative estimate of drug-likeness (QED) is 0.178. The summed E-state index contributed by atoms with van der Waals surface area (Å²) < 4.78 is 18.3. The van der Waals surface area contributed by atoms with Crippen LogP contribution in [0.25, 0.3) is 0 Å². The van der Waals surface area contributed by atoms with Crippen molar-refractivity contribution in [1.82, 2.24) is 0 Å². The summed E-state index contributed by atoms with van der Waals surface area (Å²) in [5, 5.41) is 0. The summed E-state index contributed by atoms with van der Waals surface area (Å²) in [7, 11) is 0. The summed E-state index contributed by atoms with van der Waals surface area (Å²) >= 11 is -1.86. The number of alkyl halides is 1. The SMILES string of the molecule is NC(=O)C(I)(C(N)=O)S(=O)[O-].[Na+]. The van der Waals surface area contributed by atoms with Crippen molar-refractivity contribution in [3.8, 4) is 0 Å². The van der Waals surface area contributed by atoms with Crippen LogP contribution in [0.3, 0.4) is 0 Å². The van der Waals surface area contributed by atoms with Crippen molar-refractivity contribution in [2.24, 2.45) is 11.5 Å². The van der Waals surface area contributed by atoms with E-state index in [-0.39, 0.29) is 29.6 Å². The maximum absolute atomic E-state index is 10.4. The monoisotopic (exact) mass is 314 g/mol. The first-order valence-electron chi connectivity index (χ1n) is 2.21. The molecule has 0 aliphatic carbocycles. The zero-order valence-corrected chi connectivity index (χ0v) is 11.0. The van der Waals surface area contributed by atoms with Crippen LogP contribution in [-0.4, -0.2) is 23.3 Å². The molecular weight excluding hydrogens is 310 g/mol. The van der Waals surface area contributed by atoms with E-state index in [1.165, 1.54) is 0 Å². The summed E-state index contributed by atoms with van der Waals surface area (Å²) in [6, 6.07) is 0. The average molecular weight is 314 g/mol. The Bertz CT molecular complexity index is 198. The van der Waals surface area contributed by atoms with Crippen LogP contribution in [0.4, 0.5) is 0 Å². The predicted octanol–water partition coefficient (Wildman–Crippen LogP) is -5.03. The Kier molecular flexibility index (Phi) is 6.99. The number of primary amides is 2. The zero-order chi connectivity index (χ0) is 9.23. The Morgan fingerprint density at radius 2 is 1.58 bits per heavy atom. The zero-order valence-electron chi connectivity index (χ0n) is 6.07. The molecule has 6 nitrogen and oxygen atoms in total. The maximum Gasteiger partial charge on any atom is 1.00 e. The van der Waals surface area contributed by atoms with Crippen LogP contribution in [0.15, 0.2) is 0 Å². The second-order valence-electron chi connectivity index (χ2n) is 1.56. The van der Waals surface area contributed by atoms with Gasteiger partial charge in [0, 0.05) is 0 Å². The normalized spacial score (nSPS) is 12.8. The molecule has 0 aromatic rings. The third-order valence-corrected chi connectivity index (χ3v) is 3.87. The first kappa shape index (κ1) is 15.3. The average Bonchev–Trinajstić information content (AvgIpc) is 1.84. The van der Waals surface area contributed by atoms with Crippen LogP contribution < -0.4 is 41.0 Å². The van der Waals surface area contributed by atoms with Gasteiger partial charge in [-0.05, 0) is 33.7 Å². The van der Waals surface area contributed by atoms with Gasteiger partial charge >= 0.3 is 29.6 Å². The van der Waals surface area contributed by atoms with Crippen LogP contribution in [-0.2, 0) is 20.7 Å². The number of carbonyl (C=O) groups is 2. The molecule has 0 saturated heterocycles. The van der Waals surface area contributed by atoms with E-state index in [2.05, 4.69) is 11.5 Å². The Morgan fingerprint density at radius 1 is 1.33 bits per heavy atom. The summed E-state index contributed by atoms with van der Waals surface area (Å²) in [6.07, 6.45) is 0. The number of amides is 2. The van der Waals surface area contributed by atoms with E-state index in [1.54, 1.807) is 0 Å². The van der Waals surface area contributed by atoms with Gasteiger partial charge in [0.25, 0.3) is 11.8 Å². The smallest absolute Gasteiger partial charge is 0.771 e. The summed E-state index contributed by atoms with van der Waals surface area (Å²) in [4.78, 5) is 20.8. The molecule has 12 heavy (non-hydrogen) atoms. The molecule has 4 N–H and O–H groups in total. The molecule has 1 atom stereocenters. The molecule has 1 unspecified atom stereocenters. The van der Waals surface area contributed by atoms with Gasteiger partial charge < -0.3 is 16.0 Å². The van der Waals surface area contributed by atoms with Crippen LogP contribution in [0.2, 0.25) is 0 Å². The van der Waals surface area contributed by atoms with Crippen molar-refractivity contribution in [1.29, 1.82) is 0 Å². The van der Waals surface area contributed by atoms with E-state index in [0.29, 0.717) is 0 Å². The number of halogens is 1. The van der Waals surface area contributed by atoms with E-state index in [0.717, 1.165) is 22.6 Å². The molecule has 9 heteroatoms. The Morgan fingerprint density at radius 3 is 1.58 bits per heavy atom. The third-order valence-electron chi connectivity index (χ3n) is 0.864. The molecule has 64 valence electrons. The summed E-state index contributed by atoms with van der Waals surface area (Å²) in [5.41, 5.74) is 9.26. The van der Waals surface area contributed by atoms with Crippen LogP contribution in [0.1, 0.15) is 0 Å². The molecule has 0 aromatic carbocycles. The molecule has 0 radical (unpaired) electrons. The fourth-order valence-corrected chi connectivity index (χ4v) is 0.614. The van der Waals surface area contributed by atoms with E-state index in [4.69, 9.17) is 0 Å². The van der Waals surface area contributed by atoms with Gasteiger partial charge in [0.2, 0.25) is 2.75 Å². The van der Waals surface area contributed by atoms with Gasteiger partial charge in [0.1, 0.15) is 0 Å². The van der Waals surface area contributed by atoms with Crippen molar-refractivity contribution >= 4 is 45.5 Å². The summed E-state index contributed by atoms with van der Waals surface area (Å²) in [6.45, 7) is 0. The molecule has 0 spiro atoms. The van der Waals surface area contributed by atoms with Gasteiger partial charge in [-0.15, -0.1) is 0 Å². The number of hydrogen-bond acceptors (Lipinski definition) is 4. The van der Waals surface area contributed by atoms with Crippen molar-refractivity contribution in [2.75, 3.05) is 0 Å². The van der Waals surface area contributed by atoms with Gasteiger partial charge in [-0.25, -0.2) is 0 Å². The molecular formula is C3H4IN2NaO4S. The van der Waals surface area contributed by atoms with Crippen LogP contribution in [0.5, 0.6) is 0 Å². The van der Waals surface area contributed by atoms with Crippen molar-refractivity contribution in [2.45, 2.75) is 2.75 Å². The molecule has 0 bridgehead atoms. The standard InChI is InChI=1S/C3H5IN2O4S.Na/c4-3(1(5)7,2(6)8)11(9)10;/h(H2,5,7)(H2,6,8)(H,9,10);/q;+1/p-1. The Balaban J connectivity index is 0. The Hall–Kier alpha value is 0.780. The number of hydrogen-bond donors (Lipinski definition) is 2. The van der Waals surface area contributed by atoms with Gasteiger partial charge in [-0.3, -0.25) is 13.8 Å². The molecule has 0 aliphatic heterocycles. The minimum atomic E-state index is -2.94. The minimum Gasteiger partial charge on any atom is -0.771 e. The summed E-state index contributed by atoms with van der Waals surface area (Å²) in [5.74, 6) is -2.59. The van der Waals surface area contributed by atoms with Crippen molar-refractivity contribution in [3.05, 3.63) is 0 Å². The van der Waals surface area contributed by atoms with E-state index in [9.17, 15) is 18.4 Å². The van der Waals surface area contributed by atoms with Crippen molar-refractivity contribution < 1.29 is 47.9 Å². The van der Waals surface area contributed by atoms with Crippen LogP contribution in [0, 0.1) is 0 Å². The Labute approximate surface area is 107 Å². The molecule has 0 aliphatic rings. The molecule has 0 rings (SSSR count). The van der Waals surface area contributed by atoms with Gasteiger partial charge in [0.15, 0.2) is 0 Å². The second kappa shape index (κ2) is 5.50. The van der Waals surface area contributed by atoms with E-state index < -0.39 is 25.6 Å². The first-order valence-corrected chi connectivity index (χ1v) is 4.37. The topological polar surface area (TPSA) is 126 Å². The number of nitrogens with two attached hydrogens (primary N) is 2. The van der Waals surface area contributed by atoms with Gasteiger partial charge in [0.05, 0.1) is 0 Å². The maximum atomic E-state index is 10.4. The van der Waals surface area contributed by atoms with E-state index >= 15 is 0 Å². The van der Waals surface area contributed by atoms with E-state index in [1.807, 2.05) is 0 Å². The molecule has 0 saturated carbocycles. The first-order chi connectivity index (χ1) is 4.83. The minimum absolute atomic E-state index is 0. The van der Waals surface area contributed by atoms with Crippen molar-refractivity contribution in [3.63, 3.8) is 0 Å². The van der Waals surface area contributed by atoms with Gasteiger partial charge in [-0.2, -0.15) is 0 Å². The number of carbonyl (C=O) groups excluding carboxylic acids is 2. The third kappa shape index (κ3) is 2.92.